The number of carbonyl (C=O) groups is 3. The third-order valence-electron chi connectivity index (χ3n) is 4.24. The molecule has 8 heteroatoms. The van der Waals surface area contributed by atoms with E-state index in [-0.39, 0.29) is 5.91 Å². The zero-order valence-electron chi connectivity index (χ0n) is 20.3. The fourth-order valence-corrected chi connectivity index (χ4v) is 2.72. The highest BCUT2D eigenvalue weighted by Gasteiger charge is 2.27. The monoisotopic (exact) mass is 452 g/mol. The average Bonchev–Trinajstić information content (AvgIpc) is 3.28. The Balaban J connectivity index is 0.000000319. The van der Waals surface area contributed by atoms with Crippen LogP contribution in [0, 0.1) is 11.8 Å². The van der Waals surface area contributed by atoms with Crippen molar-refractivity contribution in [3.63, 3.8) is 0 Å². The van der Waals surface area contributed by atoms with Crippen LogP contribution in [0.2, 0.25) is 0 Å². The molecule has 0 aliphatic carbocycles. The summed E-state index contributed by atoms with van der Waals surface area (Å²) in [6.45, 7) is 10.3. The van der Waals surface area contributed by atoms with E-state index in [0.29, 0.717) is 12.1 Å². The number of methoxy groups -OCH3 is 1. The molecule has 2 aliphatic heterocycles. The molecule has 0 aromatic heterocycles. The summed E-state index contributed by atoms with van der Waals surface area (Å²) in [5, 5.41) is 4.52. The van der Waals surface area contributed by atoms with Crippen LogP contribution in [-0.2, 0) is 11.3 Å². The van der Waals surface area contributed by atoms with Crippen LogP contribution in [0.5, 0.6) is 5.75 Å². The first-order valence-corrected chi connectivity index (χ1v) is 10.6. The largest absolute Gasteiger partial charge is 0.497 e. The SMILES string of the molecule is C/C=C\C(C#CC1NC(=O)NC1=O)=C/N=C(C)C.CC.COc1ccc2c(c1)C(=O)N(C)C2. The number of nitrogens with one attached hydrogen (secondary N) is 2. The summed E-state index contributed by atoms with van der Waals surface area (Å²) in [5.74, 6) is 5.89. The highest BCUT2D eigenvalue weighted by atomic mass is 16.5. The minimum absolute atomic E-state index is 0.0777. The number of hydrogen-bond acceptors (Lipinski definition) is 5. The molecule has 1 aromatic rings. The van der Waals surface area contributed by atoms with Gasteiger partial charge in [-0.25, -0.2) is 4.79 Å². The number of urea groups is 1. The predicted molar refractivity (Wildman–Crippen MR) is 130 cm³/mol. The highest BCUT2D eigenvalue weighted by molar-refractivity contribution is 6.05. The molecular formula is C25H32N4O4. The Hall–Kier alpha value is -3.86. The van der Waals surface area contributed by atoms with Crippen molar-refractivity contribution in [1.29, 1.82) is 0 Å². The number of nitrogens with zero attached hydrogens (tertiary/aromatic N) is 2. The Kier molecular flexibility index (Phi) is 11.1. The summed E-state index contributed by atoms with van der Waals surface area (Å²) in [7, 11) is 3.40. The van der Waals surface area contributed by atoms with Gasteiger partial charge in [0.25, 0.3) is 11.8 Å². The molecule has 1 atom stereocenters. The van der Waals surface area contributed by atoms with Gasteiger partial charge in [-0.1, -0.05) is 37.8 Å². The van der Waals surface area contributed by atoms with E-state index in [9.17, 15) is 14.4 Å². The third-order valence-corrected chi connectivity index (χ3v) is 4.24. The number of benzene rings is 1. The Bertz CT molecular complexity index is 1020. The molecule has 2 N–H and O–H groups in total. The van der Waals surface area contributed by atoms with Crippen LogP contribution in [0.25, 0.3) is 0 Å². The summed E-state index contributed by atoms with van der Waals surface area (Å²) in [5.41, 5.74) is 3.42. The van der Waals surface area contributed by atoms with Crippen LogP contribution in [0.15, 0.2) is 47.1 Å². The normalized spacial score (nSPS) is 16.3. The van der Waals surface area contributed by atoms with Gasteiger partial charge in [-0.05, 0) is 44.5 Å². The maximum atomic E-state index is 11.5. The zero-order chi connectivity index (χ0) is 25.0. The second-order valence-corrected chi connectivity index (χ2v) is 7.01. The molecule has 0 saturated carbocycles. The number of aliphatic imine (C=N–C) groups is 1. The smallest absolute Gasteiger partial charge is 0.322 e. The van der Waals surface area contributed by atoms with Crippen molar-refractivity contribution >= 4 is 23.6 Å². The first-order valence-electron chi connectivity index (χ1n) is 10.6. The number of carbonyl (C=O) groups excluding carboxylic acids is 3. The first kappa shape index (κ1) is 27.2. The van der Waals surface area contributed by atoms with Crippen molar-refractivity contribution in [1.82, 2.24) is 15.5 Å². The van der Waals surface area contributed by atoms with E-state index in [4.69, 9.17) is 4.74 Å². The van der Waals surface area contributed by atoms with Crippen LogP contribution >= 0.6 is 0 Å². The number of hydrogen-bond donors (Lipinski definition) is 2. The summed E-state index contributed by atoms with van der Waals surface area (Å²) in [6.07, 6.45) is 5.24. The van der Waals surface area contributed by atoms with E-state index in [2.05, 4.69) is 27.5 Å². The molecular weight excluding hydrogens is 420 g/mol. The molecule has 0 spiro atoms. The molecule has 0 radical (unpaired) electrons. The molecule has 33 heavy (non-hydrogen) atoms. The third kappa shape index (κ3) is 8.30. The Morgan fingerprint density at radius 2 is 1.94 bits per heavy atom. The molecule has 3 rings (SSSR count). The van der Waals surface area contributed by atoms with E-state index >= 15 is 0 Å². The minimum Gasteiger partial charge on any atom is -0.497 e. The molecule has 1 aromatic carbocycles. The van der Waals surface area contributed by atoms with E-state index < -0.39 is 18.0 Å². The highest BCUT2D eigenvalue weighted by Crippen LogP contribution is 2.25. The van der Waals surface area contributed by atoms with Gasteiger partial charge in [0.05, 0.1) is 7.11 Å². The number of amides is 4. The average molecular weight is 453 g/mol. The lowest BCUT2D eigenvalue weighted by Crippen LogP contribution is -2.26. The standard InChI is InChI=1S/C13H15N3O2.C10H11NO2.C2H6/c1-4-5-10(8-14-9(2)3)6-7-11-12(17)16-13(18)15-11;1-11-6-7-3-4-8(13-2)5-9(7)10(11)12;1-2/h4-5,8,11H,1-3H3,(H2,15,16,17,18);3-5H,6H2,1-2H3;1-2H3/b5-4-,10-8+;;. The van der Waals surface area contributed by atoms with E-state index in [1.807, 2.05) is 52.8 Å². The van der Waals surface area contributed by atoms with Crippen LogP contribution in [0.4, 0.5) is 4.79 Å². The van der Waals surface area contributed by atoms with Crippen molar-refractivity contribution in [2.75, 3.05) is 14.2 Å². The Labute approximate surface area is 195 Å². The second kappa shape index (κ2) is 13.5. The molecule has 1 fully saturated rings. The van der Waals surface area contributed by atoms with Gasteiger partial charge in [0.1, 0.15) is 5.75 Å². The minimum atomic E-state index is -0.794. The van der Waals surface area contributed by atoms with E-state index in [0.717, 1.165) is 22.6 Å². The van der Waals surface area contributed by atoms with Gasteiger partial charge in [-0.2, -0.15) is 0 Å². The van der Waals surface area contributed by atoms with Crippen molar-refractivity contribution in [2.45, 2.75) is 47.2 Å². The van der Waals surface area contributed by atoms with Crippen LogP contribution in [-0.4, -0.2) is 48.7 Å². The van der Waals surface area contributed by atoms with E-state index in [1.165, 1.54) is 0 Å². The predicted octanol–water partition coefficient (Wildman–Crippen LogP) is 3.45. The Morgan fingerprint density at radius 3 is 2.48 bits per heavy atom. The van der Waals surface area contributed by atoms with Gasteiger partial charge >= 0.3 is 6.03 Å². The Morgan fingerprint density at radius 1 is 1.24 bits per heavy atom. The number of rotatable bonds is 3. The molecule has 1 saturated heterocycles. The molecule has 0 bridgehead atoms. The van der Waals surface area contributed by atoms with Crippen LogP contribution in [0.3, 0.4) is 0 Å². The van der Waals surface area contributed by atoms with Crippen molar-refractivity contribution in [3.05, 3.63) is 53.3 Å². The summed E-state index contributed by atoms with van der Waals surface area (Å²) in [6, 6.07) is 4.30. The lowest BCUT2D eigenvalue weighted by atomic mass is 10.1. The topological polar surface area (TPSA) is 100 Å². The molecule has 176 valence electrons. The lowest BCUT2D eigenvalue weighted by Gasteiger charge is -2.04. The number of fused-ring (bicyclic) bond motifs is 1. The van der Waals surface area contributed by atoms with Gasteiger partial charge in [0.15, 0.2) is 6.04 Å². The van der Waals surface area contributed by atoms with Crippen molar-refractivity contribution in [2.24, 2.45) is 4.99 Å². The van der Waals surface area contributed by atoms with Gasteiger partial charge in [0.2, 0.25) is 0 Å². The molecule has 2 heterocycles. The summed E-state index contributed by atoms with van der Waals surface area (Å²) < 4.78 is 5.05. The van der Waals surface area contributed by atoms with Gasteiger partial charge in [-0.15, -0.1) is 0 Å². The molecule has 8 nitrogen and oxygen atoms in total. The maximum absolute atomic E-state index is 11.5. The summed E-state index contributed by atoms with van der Waals surface area (Å²) >= 11 is 0. The number of ether oxygens (including phenoxy) is 1. The van der Waals surface area contributed by atoms with E-state index in [1.54, 1.807) is 37.4 Å². The fraction of sp³-hybridized carbons (Fsp3) is 0.360. The van der Waals surface area contributed by atoms with Gasteiger partial charge < -0.3 is 15.0 Å². The molecule has 2 aliphatic rings. The zero-order valence-corrected chi connectivity index (χ0v) is 20.3. The number of allylic oxidation sites excluding steroid dienone is 3. The molecule has 4 amide bonds. The maximum Gasteiger partial charge on any atom is 0.322 e. The molecule has 1 unspecified atom stereocenters. The van der Waals surface area contributed by atoms with Crippen molar-refractivity contribution < 1.29 is 19.1 Å². The summed E-state index contributed by atoms with van der Waals surface area (Å²) in [4.78, 5) is 39.5. The van der Waals surface area contributed by atoms with Crippen LogP contribution in [0.1, 0.15) is 50.5 Å². The van der Waals surface area contributed by atoms with Gasteiger partial charge in [-0.3, -0.25) is 19.9 Å². The number of imide groups is 1. The first-order chi connectivity index (χ1) is 15.7. The van der Waals surface area contributed by atoms with Crippen molar-refractivity contribution in [3.8, 4) is 17.6 Å². The van der Waals surface area contributed by atoms with Gasteiger partial charge in [0, 0.05) is 36.6 Å². The van der Waals surface area contributed by atoms with Crippen LogP contribution < -0.4 is 15.4 Å². The second-order valence-electron chi connectivity index (χ2n) is 7.01. The fourth-order valence-electron chi connectivity index (χ4n) is 2.72. The quantitative estimate of drug-likeness (QED) is 0.318. The lowest BCUT2D eigenvalue weighted by molar-refractivity contribution is -0.119.